The topological polar surface area (TPSA) is 115 Å². The molecule has 0 bridgehead atoms. The molecule has 3 aliphatic rings. The fraction of sp³-hybridized carbons (Fsp3) is 0.667. The van der Waals surface area contributed by atoms with Gasteiger partial charge >= 0.3 is 6.03 Å². The molecule has 0 spiro atoms. The number of rotatable bonds is 2. The van der Waals surface area contributed by atoms with Crippen molar-refractivity contribution in [1.29, 1.82) is 0 Å². The van der Waals surface area contributed by atoms with Crippen LogP contribution < -0.4 is 0 Å². The smallest absolute Gasteiger partial charge is 0.351 e. The van der Waals surface area contributed by atoms with Crippen LogP contribution in [0.4, 0.5) is 4.79 Å². The Hall–Kier alpha value is -1.84. The molecule has 1 unspecified atom stereocenters. The summed E-state index contributed by atoms with van der Waals surface area (Å²) in [6, 6.07) is -1.58. The van der Waals surface area contributed by atoms with E-state index in [-0.39, 0.29) is 5.84 Å². The lowest BCUT2D eigenvalue weighted by atomic mass is 10.1. The van der Waals surface area contributed by atoms with Gasteiger partial charge in [-0.15, -0.1) is 0 Å². The SMILES string of the molecule is CC[C@H]1O[C@@H](N2C=NC3=NC(=O)N(C)C(=O)C32)[C@H](O)[C@@H]1O. The summed E-state index contributed by atoms with van der Waals surface area (Å²) in [5.41, 5.74) is 0. The maximum absolute atomic E-state index is 12.2. The maximum Gasteiger partial charge on any atom is 0.351 e. The number of nitrogens with zero attached hydrogens (tertiary/aromatic N) is 4. The Balaban J connectivity index is 1.88. The molecule has 21 heavy (non-hydrogen) atoms. The molecule has 1 saturated heterocycles. The van der Waals surface area contributed by atoms with Crippen molar-refractivity contribution in [1.82, 2.24) is 9.80 Å². The third-order valence-electron chi connectivity index (χ3n) is 3.96. The van der Waals surface area contributed by atoms with Crippen LogP contribution in [0.2, 0.25) is 0 Å². The number of urea groups is 1. The Morgan fingerprint density at radius 3 is 2.67 bits per heavy atom. The summed E-state index contributed by atoms with van der Waals surface area (Å²) in [5, 5.41) is 20.0. The van der Waals surface area contributed by atoms with Crippen LogP contribution >= 0.6 is 0 Å². The molecule has 5 atom stereocenters. The highest BCUT2D eigenvalue weighted by Gasteiger charge is 2.51. The largest absolute Gasteiger partial charge is 0.388 e. The van der Waals surface area contributed by atoms with Gasteiger partial charge in [0.25, 0.3) is 5.91 Å². The second kappa shape index (κ2) is 4.86. The molecule has 3 aliphatic heterocycles. The lowest BCUT2D eigenvalue weighted by Gasteiger charge is -2.33. The van der Waals surface area contributed by atoms with Gasteiger partial charge in [-0.05, 0) is 6.42 Å². The van der Waals surface area contributed by atoms with Gasteiger partial charge in [-0.25, -0.2) is 9.79 Å². The van der Waals surface area contributed by atoms with Crippen molar-refractivity contribution in [2.75, 3.05) is 7.05 Å². The molecule has 0 aromatic carbocycles. The zero-order valence-corrected chi connectivity index (χ0v) is 11.6. The molecule has 114 valence electrons. The highest BCUT2D eigenvalue weighted by Crippen LogP contribution is 2.29. The molecule has 9 nitrogen and oxygen atoms in total. The molecule has 9 heteroatoms. The van der Waals surface area contributed by atoms with E-state index in [2.05, 4.69) is 9.98 Å². The zero-order valence-electron chi connectivity index (χ0n) is 11.6. The number of aliphatic hydroxyl groups excluding tert-OH is 2. The molecule has 0 saturated carbocycles. The third-order valence-corrected chi connectivity index (χ3v) is 3.96. The van der Waals surface area contributed by atoms with E-state index in [0.29, 0.717) is 6.42 Å². The van der Waals surface area contributed by atoms with Crippen molar-refractivity contribution < 1.29 is 24.5 Å². The minimum absolute atomic E-state index is 0.0772. The third kappa shape index (κ3) is 1.96. The van der Waals surface area contributed by atoms with E-state index < -0.39 is 42.5 Å². The van der Waals surface area contributed by atoms with Crippen LogP contribution in [0.5, 0.6) is 0 Å². The van der Waals surface area contributed by atoms with Gasteiger partial charge in [0.2, 0.25) is 0 Å². The monoisotopic (exact) mass is 296 g/mol. The Morgan fingerprint density at radius 2 is 2.05 bits per heavy atom. The minimum atomic E-state index is -1.17. The zero-order chi connectivity index (χ0) is 15.3. The Bertz CT molecular complexity index is 548. The summed E-state index contributed by atoms with van der Waals surface area (Å²) in [7, 11) is 1.33. The van der Waals surface area contributed by atoms with E-state index in [1.165, 1.54) is 18.3 Å². The summed E-state index contributed by atoms with van der Waals surface area (Å²) < 4.78 is 5.60. The van der Waals surface area contributed by atoms with Crippen molar-refractivity contribution >= 4 is 24.1 Å². The minimum Gasteiger partial charge on any atom is -0.388 e. The van der Waals surface area contributed by atoms with Gasteiger partial charge in [0.15, 0.2) is 18.1 Å². The summed E-state index contributed by atoms with van der Waals surface area (Å²) in [5.74, 6) is -0.416. The number of hydrogen-bond acceptors (Lipinski definition) is 7. The Morgan fingerprint density at radius 1 is 1.33 bits per heavy atom. The fourth-order valence-corrected chi connectivity index (χ4v) is 2.70. The molecule has 3 heterocycles. The lowest BCUT2D eigenvalue weighted by molar-refractivity contribution is -0.134. The number of hydrogen-bond donors (Lipinski definition) is 2. The molecule has 2 N–H and O–H groups in total. The number of likely N-dealkylation sites (N-methyl/N-ethyl adjacent to an activating group) is 1. The molecule has 0 aliphatic carbocycles. The average molecular weight is 296 g/mol. The first kappa shape index (κ1) is 14.1. The van der Waals surface area contributed by atoms with Crippen LogP contribution in [-0.4, -0.2) is 81.8 Å². The van der Waals surface area contributed by atoms with E-state index in [1.807, 2.05) is 6.92 Å². The maximum atomic E-state index is 12.2. The number of amidine groups is 1. The van der Waals surface area contributed by atoms with Crippen LogP contribution in [0.3, 0.4) is 0 Å². The van der Waals surface area contributed by atoms with E-state index in [1.54, 1.807) is 0 Å². The number of amides is 3. The Kier molecular flexibility index (Phi) is 3.27. The lowest BCUT2D eigenvalue weighted by Crippen LogP contribution is -2.57. The van der Waals surface area contributed by atoms with Crippen molar-refractivity contribution in [2.24, 2.45) is 9.98 Å². The highest BCUT2D eigenvalue weighted by atomic mass is 16.6. The van der Waals surface area contributed by atoms with Crippen molar-refractivity contribution in [3.05, 3.63) is 0 Å². The fourth-order valence-electron chi connectivity index (χ4n) is 2.70. The molecule has 1 fully saturated rings. The molecular weight excluding hydrogens is 280 g/mol. The Labute approximate surface area is 120 Å². The molecule has 0 radical (unpaired) electrons. The standard InChI is InChI=1S/C12H16N4O5/c1-3-5-7(17)8(18)11(21-5)16-4-13-9-6(16)10(19)15(2)12(20)14-9/h4-8,11,17-18H,3H2,1-2H3/t5-,6?,7-,8-,11-/m1/s1. The summed E-state index contributed by atoms with van der Waals surface area (Å²) in [6.07, 6.45) is -1.79. The second-order valence-corrected chi connectivity index (χ2v) is 5.20. The van der Waals surface area contributed by atoms with Crippen LogP contribution in [0, 0.1) is 0 Å². The predicted octanol–water partition coefficient (Wildman–Crippen LogP) is -1.45. The van der Waals surface area contributed by atoms with Crippen molar-refractivity contribution in [3.63, 3.8) is 0 Å². The highest BCUT2D eigenvalue weighted by molar-refractivity contribution is 6.22. The van der Waals surface area contributed by atoms with Crippen molar-refractivity contribution in [3.8, 4) is 0 Å². The van der Waals surface area contributed by atoms with E-state index in [9.17, 15) is 19.8 Å². The van der Waals surface area contributed by atoms with Crippen LogP contribution in [0.25, 0.3) is 0 Å². The summed E-state index contributed by atoms with van der Waals surface area (Å²) in [4.78, 5) is 33.7. The van der Waals surface area contributed by atoms with E-state index in [4.69, 9.17) is 4.74 Å². The van der Waals surface area contributed by atoms with Gasteiger partial charge in [-0.2, -0.15) is 4.99 Å². The molecular formula is C12H16N4O5. The van der Waals surface area contributed by atoms with E-state index >= 15 is 0 Å². The van der Waals surface area contributed by atoms with Gasteiger partial charge < -0.3 is 19.8 Å². The number of aliphatic hydroxyl groups is 2. The second-order valence-electron chi connectivity index (χ2n) is 5.20. The van der Waals surface area contributed by atoms with Gasteiger partial charge in [0.05, 0.1) is 12.4 Å². The molecule has 3 amide bonds. The predicted molar refractivity (Wildman–Crippen MR) is 70.7 cm³/mol. The van der Waals surface area contributed by atoms with Gasteiger partial charge in [0.1, 0.15) is 12.2 Å². The number of imide groups is 1. The first-order chi connectivity index (χ1) is 9.95. The summed E-state index contributed by atoms with van der Waals surface area (Å²) >= 11 is 0. The first-order valence-corrected chi connectivity index (χ1v) is 6.69. The van der Waals surface area contributed by atoms with Crippen LogP contribution in [0.15, 0.2) is 9.98 Å². The first-order valence-electron chi connectivity index (χ1n) is 6.69. The van der Waals surface area contributed by atoms with Crippen LogP contribution in [-0.2, 0) is 9.53 Å². The number of ether oxygens (including phenoxy) is 1. The normalized spacial score (nSPS) is 39.0. The van der Waals surface area contributed by atoms with Gasteiger partial charge in [0, 0.05) is 7.05 Å². The number of fused-ring (bicyclic) bond motifs is 1. The quantitative estimate of drug-likeness (QED) is 0.644. The molecule has 3 rings (SSSR count). The van der Waals surface area contributed by atoms with Gasteiger partial charge in [-0.3, -0.25) is 9.69 Å². The van der Waals surface area contributed by atoms with E-state index in [0.717, 1.165) is 4.90 Å². The molecule has 0 aromatic rings. The van der Waals surface area contributed by atoms with Crippen LogP contribution in [0.1, 0.15) is 13.3 Å². The van der Waals surface area contributed by atoms with Gasteiger partial charge in [-0.1, -0.05) is 6.92 Å². The number of carbonyl (C=O) groups excluding carboxylic acids is 2. The number of carbonyl (C=O) groups is 2. The van der Waals surface area contributed by atoms with Crippen molar-refractivity contribution in [2.45, 2.75) is 43.9 Å². The molecule has 0 aromatic heterocycles. The summed E-state index contributed by atoms with van der Waals surface area (Å²) in [6.45, 7) is 1.83. The number of aliphatic imine (C=N–C) groups is 2. The average Bonchev–Trinajstić information content (AvgIpc) is 2.99.